The molecule has 10 heteroatoms. The Morgan fingerprint density at radius 1 is 1.28 bits per heavy atom. The van der Waals surface area contributed by atoms with E-state index in [0.29, 0.717) is 28.8 Å². The second-order valence-corrected chi connectivity index (χ2v) is 6.74. The molecule has 4 rings (SSSR count). The van der Waals surface area contributed by atoms with E-state index in [9.17, 15) is 4.79 Å². The zero-order valence-corrected chi connectivity index (χ0v) is 15.9. The summed E-state index contributed by atoms with van der Waals surface area (Å²) in [6.07, 6.45) is 0.0132. The quantitative estimate of drug-likeness (QED) is 0.477. The van der Waals surface area contributed by atoms with Gasteiger partial charge in [0.15, 0.2) is 17.1 Å². The molecule has 0 radical (unpaired) electrons. The van der Waals surface area contributed by atoms with Crippen LogP contribution in [0, 0.1) is 5.92 Å². The highest BCUT2D eigenvalue weighted by atomic mass is 16.5. The second-order valence-electron chi connectivity index (χ2n) is 6.74. The lowest BCUT2D eigenvalue weighted by molar-refractivity contribution is -0.138. The summed E-state index contributed by atoms with van der Waals surface area (Å²) in [5, 5.41) is 27.6. The van der Waals surface area contributed by atoms with Crippen molar-refractivity contribution in [2.24, 2.45) is 5.92 Å². The lowest BCUT2D eigenvalue weighted by atomic mass is 10.1. The van der Waals surface area contributed by atoms with Crippen LogP contribution < -0.4 is 4.74 Å². The van der Waals surface area contributed by atoms with E-state index in [0.717, 1.165) is 10.8 Å². The molecule has 0 amide bonds. The number of hydrogen-bond acceptors (Lipinski definition) is 8. The van der Waals surface area contributed by atoms with Gasteiger partial charge in [0.05, 0.1) is 13.0 Å². The normalized spacial score (nSPS) is 12.5. The van der Waals surface area contributed by atoms with Gasteiger partial charge < -0.3 is 19.1 Å². The average Bonchev–Trinajstić information content (AvgIpc) is 3.32. The van der Waals surface area contributed by atoms with Gasteiger partial charge in [0, 0.05) is 29.9 Å². The molecule has 3 heterocycles. The lowest BCUT2D eigenvalue weighted by Crippen LogP contribution is -2.14. The minimum atomic E-state index is -0.867. The number of fused-ring (bicyclic) bond motifs is 3. The fourth-order valence-corrected chi connectivity index (χ4v) is 3.02. The molecule has 0 aliphatic heterocycles. The highest BCUT2D eigenvalue weighted by Gasteiger charge is 2.19. The van der Waals surface area contributed by atoms with Gasteiger partial charge in [-0.2, -0.15) is 4.52 Å². The SMILES string of the molecule is COCc1cc(-c2nnc3c4ccccc4c(OCC(C)CC(=O)O)nn23)no1. The highest BCUT2D eigenvalue weighted by molar-refractivity contribution is 5.96. The summed E-state index contributed by atoms with van der Waals surface area (Å²) in [6.45, 7) is 2.32. The van der Waals surface area contributed by atoms with Crippen LogP contribution in [0.3, 0.4) is 0 Å². The molecule has 0 bridgehead atoms. The molecule has 1 atom stereocenters. The van der Waals surface area contributed by atoms with Gasteiger partial charge in [-0.25, -0.2) is 0 Å². The van der Waals surface area contributed by atoms with Gasteiger partial charge >= 0.3 is 5.97 Å². The summed E-state index contributed by atoms with van der Waals surface area (Å²) in [7, 11) is 1.57. The molecular formula is C19H19N5O5. The molecule has 10 nitrogen and oxygen atoms in total. The predicted octanol–water partition coefficient (Wildman–Crippen LogP) is 2.57. The average molecular weight is 397 g/mol. The number of carboxylic acids is 1. The standard InChI is InChI=1S/C19H19N5O5/c1-11(7-16(25)26)9-28-19-14-6-4-3-5-13(14)17-20-21-18(24(17)22-19)15-8-12(10-27-2)29-23-15/h3-6,8,11H,7,9-10H2,1-2H3,(H,25,26). The summed E-state index contributed by atoms with van der Waals surface area (Å²) in [5.41, 5.74) is 1.02. The second kappa shape index (κ2) is 7.84. The minimum Gasteiger partial charge on any atom is -0.481 e. The molecule has 1 aromatic carbocycles. The number of hydrogen-bond donors (Lipinski definition) is 1. The molecule has 0 saturated heterocycles. The number of ether oxygens (including phenoxy) is 2. The molecule has 0 saturated carbocycles. The number of aromatic nitrogens is 5. The minimum absolute atomic E-state index is 0.0132. The van der Waals surface area contributed by atoms with Crippen LogP contribution in [0.4, 0.5) is 0 Å². The van der Waals surface area contributed by atoms with Crippen LogP contribution in [0.25, 0.3) is 27.9 Å². The first-order valence-electron chi connectivity index (χ1n) is 9.00. The van der Waals surface area contributed by atoms with E-state index in [1.54, 1.807) is 17.7 Å². The maximum absolute atomic E-state index is 10.9. The monoisotopic (exact) mass is 397 g/mol. The number of benzene rings is 1. The van der Waals surface area contributed by atoms with Crippen molar-refractivity contribution in [3.8, 4) is 17.4 Å². The number of aliphatic carboxylic acids is 1. The Morgan fingerprint density at radius 2 is 2.07 bits per heavy atom. The number of carboxylic acid groups (broad SMARTS) is 1. The fraction of sp³-hybridized carbons (Fsp3) is 0.316. The van der Waals surface area contributed by atoms with Crippen LogP contribution >= 0.6 is 0 Å². The van der Waals surface area contributed by atoms with Crippen molar-refractivity contribution < 1.29 is 23.9 Å². The molecule has 0 aliphatic carbocycles. The highest BCUT2D eigenvalue weighted by Crippen LogP contribution is 2.29. The maximum atomic E-state index is 10.9. The number of nitrogens with zero attached hydrogens (tertiary/aromatic N) is 5. The Bertz CT molecular complexity index is 1170. The topological polar surface area (TPSA) is 125 Å². The van der Waals surface area contributed by atoms with E-state index in [4.69, 9.17) is 19.1 Å². The Kier molecular flexibility index (Phi) is 5.09. The zero-order chi connectivity index (χ0) is 20.4. The van der Waals surface area contributed by atoms with Gasteiger partial charge in [-0.3, -0.25) is 4.79 Å². The van der Waals surface area contributed by atoms with Gasteiger partial charge in [0.2, 0.25) is 11.7 Å². The molecule has 1 N–H and O–H groups in total. The first kappa shape index (κ1) is 18.8. The fourth-order valence-electron chi connectivity index (χ4n) is 3.02. The summed E-state index contributed by atoms with van der Waals surface area (Å²) >= 11 is 0. The van der Waals surface area contributed by atoms with Crippen LogP contribution in [0.1, 0.15) is 19.1 Å². The molecule has 0 spiro atoms. The largest absolute Gasteiger partial charge is 0.481 e. The van der Waals surface area contributed by atoms with E-state index < -0.39 is 5.97 Å². The number of carbonyl (C=O) groups is 1. The lowest BCUT2D eigenvalue weighted by Gasteiger charge is -2.12. The molecule has 0 aliphatic rings. The van der Waals surface area contributed by atoms with Gasteiger partial charge in [-0.15, -0.1) is 15.3 Å². The summed E-state index contributed by atoms with van der Waals surface area (Å²) in [6, 6.07) is 9.25. The van der Waals surface area contributed by atoms with E-state index in [1.807, 2.05) is 31.2 Å². The Labute approximate surface area is 165 Å². The molecule has 4 aromatic rings. The van der Waals surface area contributed by atoms with Gasteiger partial charge in [-0.1, -0.05) is 30.3 Å². The first-order chi connectivity index (χ1) is 14.1. The molecule has 29 heavy (non-hydrogen) atoms. The van der Waals surface area contributed by atoms with Crippen LogP contribution in [0.5, 0.6) is 5.88 Å². The molecular weight excluding hydrogens is 378 g/mol. The molecule has 0 fully saturated rings. The van der Waals surface area contributed by atoms with Crippen LogP contribution in [-0.2, 0) is 16.1 Å². The third-order valence-corrected chi connectivity index (χ3v) is 4.33. The third kappa shape index (κ3) is 3.74. The smallest absolute Gasteiger partial charge is 0.303 e. The van der Waals surface area contributed by atoms with Crippen molar-refractivity contribution >= 4 is 22.4 Å². The van der Waals surface area contributed by atoms with Crippen molar-refractivity contribution in [1.29, 1.82) is 0 Å². The first-order valence-corrected chi connectivity index (χ1v) is 9.00. The van der Waals surface area contributed by atoms with Crippen molar-refractivity contribution in [3.05, 3.63) is 36.1 Å². The molecule has 1 unspecified atom stereocenters. The van der Waals surface area contributed by atoms with E-state index in [1.165, 1.54) is 0 Å². The Hall–Kier alpha value is -3.53. The summed E-state index contributed by atoms with van der Waals surface area (Å²) in [5.74, 6) is 0.288. The Balaban J connectivity index is 1.76. The molecule has 150 valence electrons. The van der Waals surface area contributed by atoms with Crippen LogP contribution in [-0.4, -0.2) is 49.8 Å². The van der Waals surface area contributed by atoms with Crippen molar-refractivity contribution in [2.45, 2.75) is 20.0 Å². The van der Waals surface area contributed by atoms with Crippen molar-refractivity contribution in [3.63, 3.8) is 0 Å². The Morgan fingerprint density at radius 3 is 2.83 bits per heavy atom. The number of methoxy groups -OCH3 is 1. The van der Waals surface area contributed by atoms with E-state index in [2.05, 4.69) is 20.5 Å². The van der Waals surface area contributed by atoms with Crippen molar-refractivity contribution in [1.82, 2.24) is 25.0 Å². The third-order valence-electron chi connectivity index (χ3n) is 4.33. The summed E-state index contributed by atoms with van der Waals surface area (Å²) in [4.78, 5) is 10.9. The van der Waals surface area contributed by atoms with Gasteiger partial charge in [-0.05, 0) is 6.07 Å². The van der Waals surface area contributed by atoms with Gasteiger partial charge in [0.1, 0.15) is 6.61 Å². The van der Waals surface area contributed by atoms with E-state index >= 15 is 0 Å². The van der Waals surface area contributed by atoms with Crippen molar-refractivity contribution in [2.75, 3.05) is 13.7 Å². The predicted molar refractivity (Wildman–Crippen MR) is 101 cm³/mol. The van der Waals surface area contributed by atoms with Crippen LogP contribution in [0.15, 0.2) is 34.9 Å². The molecule has 3 aromatic heterocycles. The zero-order valence-electron chi connectivity index (χ0n) is 15.9. The maximum Gasteiger partial charge on any atom is 0.303 e. The van der Waals surface area contributed by atoms with Gasteiger partial charge in [0.25, 0.3) is 0 Å². The summed E-state index contributed by atoms with van der Waals surface area (Å²) < 4.78 is 17.7. The number of rotatable bonds is 8. The van der Waals surface area contributed by atoms with E-state index in [-0.39, 0.29) is 25.6 Å². The van der Waals surface area contributed by atoms with Crippen LogP contribution in [0.2, 0.25) is 0 Å².